The van der Waals surface area contributed by atoms with Gasteiger partial charge in [-0.2, -0.15) is 5.21 Å². The van der Waals surface area contributed by atoms with Crippen LogP contribution in [0.5, 0.6) is 0 Å². The quantitative estimate of drug-likeness (QED) is 0.917. The largest absolute Gasteiger partial charge is 0.340 e. The maximum Gasteiger partial charge on any atom is 0.263 e. The number of aromatic nitrogens is 4. The SMILES string of the molecule is CC(C)c1ccsc1C(=O)N(C)C[C@H](C)c1nn[nH]n1. The molecule has 1 amide bonds. The predicted molar refractivity (Wildman–Crippen MR) is 78.0 cm³/mol. The predicted octanol–water partition coefficient (Wildman–Crippen LogP) is 2.26. The lowest BCUT2D eigenvalue weighted by Gasteiger charge is -2.20. The second-order valence-corrected chi connectivity index (χ2v) is 6.13. The zero-order valence-electron chi connectivity index (χ0n) is 12.1. The van der Waals surface area contributed by atoms with Gasteiger partial charge in [0, 0.05) is 19.5 Å². The Bertz CT molecular complexity index is 563. The zero-order valence-corrected chi connectivity index (χ0v) is 12.9. The van der Waals surface area contributed by atoms with E-state index >= 15 is 0 Å². The van der Waals surface area contributed by atoms with Gasteiger partial charge >= 0.3 is 0 Å². The number of hydrogen-bond acceptors (Lipinski definition) is 5. The Kier molecular flexibility index (Phi) is 4.49. The highest BCUT2D eigenvalue weighted by Gasteiger charge is 2.21. The van der Waals surface area contributed by atoms with Gasteiger partial charge in [-0.1, -0.05) is 26.0 Å². The Morgan fingerprint density at radius 3 is 2.80 bits per heavy atom. The molecule has 6 nitrogen and oxygen atoms in total. The maximum atomic E-state index is 12.5. The highest BCUT2D eigenvalue weighted by Crippen LogP contribution is 2.26. The standard InChI is InChI=1S/C13H19N5OS/c1-8(2)10-5-6-20-11(10)13(19)18(4)7-9(3)12-14-16-17-15-12/h5-6,8-9H,7H2,1-4H3,(H,14,15,16,17)/t9-/m0/s1. The highest BCUT2D eigenvalue weighted by molar-refractivity contribution is 7.12. The molecule has 7 heteroatoms. The molecular weight excluding hydrogens is 274 g/mol. The van der Waals surface area contributed by atoms with Crippen LogP contribution in [0.2, 0.25) is 0 Å². The van der Waals surface area contributed by atoms with Crippen LogP contribution in [0.15, 0.2) is 11.4 Å². The summed E-state index contributed by atoms with van der Waals surface area (Å²) in [7, 11) is 1.81. The molecule has 0 fully saturated rings. The van der Waals surface area contributed by atoms with Gasteiger partial charge in [0.1, 0.15) is 0 Å². The molecule has 0 aliphatic rings. The minimum Gasteiger partial charge on any atom is -0.340 e. The van der Waals surface area contributed by atoms with E-state index in [4.69, 9.17) is 0 Å². The van der Waals surface area contributed by atoms with Gasteiger partial charge in [0.25, 0.3) is 5.91 Å². The number of carbonyl (C=O) groups excluding carboxylic acids is 1. The fourth-order valence-electron chi connectivity index (χ4n) is 2.07. The van der Waals surface area contributed by atoms with Crippen molar-refractivity contribution in [3.8, 4) is 0 Å². The highest BCUT2D eigenvalue weighted by atomic mass is 32.1. The van der Waals surface area contributed by atoms with Crippen molar-refractivity contribution in [1.29, 1.82) is 0 Å². The summed E-state index contributed by atoms with van der Waals surface area (Å²) in [5.74, 6) is 1.08. The van der Waals surface area contributed by atoms with Gasteiger partial charge in [0.05, 0.1) is 4.88 Å². The van der Waals surface area contributed by atoms with Gasteiger partial charge in [-0.15, -0.1) is 21.5 Å². The molecule has 0 bridgehead atoms. The number of nitrogens with zero attached hydrogens (tertiary/aromatic N) is 4. The fourth-order valence-corrected chi connectivity index (χ4v) is 3.12. The van der Waals surface area contributed by atoms with Crippen LogP contribution in [-0.4, -0.2) is 45.0 Å². The monoisotopic (exact) mass is 293 g/mol. The van der Waals surface area contributed by atoms with Crippen molar-refractivity contribution >= 4 is 17.2 Å². The third-order valence-electron chi connectivity index (χ3n) is 3.21. The summed E-state index contributed by atoms with van der Waals surface area (Å²) in [5.41, 5.74) is 1.11. The van der Waals surface area contributed by atoms with E-state index in [1.165, 1.54) is 11.3 Å². The van der Waals surface area contributed by atoms with E-state index in [0.717, 1.165) is 10.4 Å². The summed E-state index contributed by atoms with van der Waals surface area (Å²) in [6.45, 7) is 6.74. The van der Waals surface area contributed by atoms with E-state index in [2.05, 4.69) is 34.5 Å². The summed E-state index contributed by atoms with van der Waals surface area (Å²) in [6.07, 6.45) is 0. The minimum absolute atomic E-state index is 0.0464. The molecule has 0 aliphatic carbocycles. The van der Waals surface area contributed by atoms with E-state index in [1.807, 2.05) is 25.4 Å². The average molecular weight is 293 g/mol. The normalized spacial score (nSPS) is 12.7. The minimum atomic E-state index is 0.0464. The number of rotatable bonds is 5. The second-order valence-electron chi connectivity index (χ2n) is 5.22. The maximum absolute atomic E-state index is 12.5. The van der Waals surface area contributed by atoms with Gasteiger partial charge in [0.2, 0.25) is 0 Å². The molecular formula is C13H19N5OS. The lowest BCUT2D eigenvalue weighted by Crippen LogP contribution is -2.30. The number of carbonyl (C=O) groups is 1. The van der Waals surface area contributed by atoms with Crippen LogP contribution >= 0.6 is 11.3 Å². The molecule has 0 aromatic carbocycles. The lowest BCUT2D eigenvalue weighted by molar-refractivity contribution is 0.0790. The molecule has 0 spiro atoms. The summed E-state index contributed by atoms with van der Waals surface area (Å²) in [5, 5.41) is 15.9. The van der Waals surface area contributed by atoms with Crippen molar-refractivity contribution in [2.24, 2.45) is 0 Å². The molecule has 1 atom stereocenters. The number of nitrogens with one attached hydrogen (secondary N) is 1. The Hall–Kier alpha value is -1.76. The molecule has 0 unspecified atom stereocenters. The van der Waals surface area contributed by atoms with Crippen LogP contribution in [0.4, 0.5) is 0 Å². The van der Waals surface area contributed by atoms with Crippen molar-refractivity contribution in [1.82, 2.24) is 25.5 Å². The van der Waals surface area contributed by atoms with Gasteiger partial charge in [-0.05, 0) is 22.9 Å². The number of H-pyrrole nitrogens is 1. The molecule has 0 aliphatic heterocycles. The van der Waals surface area contributed by atoms with Gasteiger partial charge in [-0.25, -0.2) is 0 Å². The zero-order chi connectivity index (χ0) is 14.7. The molecule has 108 valence electrons. The Morgan fingerprint density at radius 1 is 1.45 bits per heavy atom. The van der Waals surface area contributed by atoms with E-state index in [9.17, 15) is 4.79 Å². The van der Waals surface area contributed by atoms with Crippen molar-refractivity contribution < 1.29 is 4.79 Å². The third kappa shape index (κ3) is 3.04. The first-order valence-corrected chi connectivity index (χ1v) is 7.44. The first-order valence-electron chi connectivity index (χ1n) is 6.57. The van der Waals surface area contributed by atoms with Crippen molar-refractivity contribution in [3.05, 3.63) is 27.7 Å². The number of aromatic amines is 1. The second kappa shape index (κ2) is 6.13. The van der Waals surface area contributed by atoms with Crippen LogP contribution in [0.1, 0.15) is 53.7 Å². The molecule has 1 N–H and O–H groups in total. The topological polar surface area (TPSA) is 74.8 Å². The van der Waals surface area contributed by atoms with Crippen molar-refractivity contribution in [3.63, 3.8) is 0 Å². The lowest BCUT2D eigenvalue weighted by atomic mass is 10.0. The smallest absolute Gasteiger partial charge is 0.263 e. The van der Waals surface area contributed by atoms with Crippen LogP contribution < -0.4 is 0 Å². The molecule has 2 rings (SSSR count). The number of amides is 1. The summed E-state index contributed by atoms with van der Waals surface area (Å²) in [4.78, 5) is 15.1. The number of tetrazole rings is 1. The Labute approximate surface area is 122 Å². The van der Waals surface area contributed by atoms with Crippen molar-refractivity contribution in [2.45, 2.75) is 32.6 Å². The van der Waals surface area contributed by atoms with Crippen LogP contribution in [0, 0.1) is 0 Å². The molecule has 0 saturated carbocycles. The molecule has 0 radical (unpaired) electrons. The van der Waals surface area contributed by atoms with E-state index in [-0.39, 0.29) is 11.8 Å². The Balaban J connectivity index is 2.07. The van der Waals surface area contributed by atoms with E-state index < -0.39 is 0 Å². The van der Waals surface area contributed by atoms with E-state index in [0.29, 0.717) is 18.3 Å². The third-order valence-corrected chi connectivity index (χ3v) is 4.13. The summed E-state index contributed by atoms with van der Waals surface area (Å²) < 4.78 is 0. The number of likely N-dealkylation sites (N-methyl/N-ethyl adjacent to an activating group) is 1. The number of hydrogen-bond donors (Lipinski definition) is 1. The summed E-state index contributed by atoms with van der Waals surface area (Å²) >= 11 is 1.50. The van der Waals surface area contributed by atoms with Crippen LogP contribution in [0.3, 0.4) is 0 Å². The first kappa shape index (κ1) is 14.6. The Morgan fingerprint density at radius 2 is 2.20 bits per heavy atom. The molecule has 2 heterocycles. The molecule has 2 aromatic rings. The molecule has 0 saturated heterocycles. The van der Waals surface area contributed by atoms with Crippen molar-refractivity contribution in [2.75, 3.05) is 13.6 Å². The molecule has 2 aromatic heterocycles. The number of thiophene rings is 1. The van der Waals surface area contributed by atoms with Crippen LogP contribution in [0.25, 0.3) is 0 Å². The first-order chi connectivity index (χ1) is 9.50. The van der Waals surface area contributed by atoms with Gasteiger partial charge in [-0.3, -0.25) is 4.79 Å². The van der Waals surface area contributed by atoms with E-state index in [1.54, 1.807) is 4.90 Å². The van der Waals surface area contributed by atoms with Crippen LogP contribution in [-0.2, 0) is 0 Å². The molecule has 20 heavy (non-hydrogen) atoms. The van der Waals surface area contributed by atoms with Gasteiger partial charge < -0.3 is 4.90 Å². The average Bonchev–Trinajstić information content (AvgIpc) is 3.08. The van der Waals surface area contributed by atoms with Gasteiger partial charge in [0.15, 0.2) is 5.82 Å². The fraction of sp³-hybridized carbons (Fsp3) is 0.538. The summed E-state index contributed by atoms with van der Waals surface area (Å²) in [6, 6.07) is 2.03.